The van der Waals surface area contributed by atoms with Crippen molar-refractivity contribution in [1.29, 1.82) is 0 Å². The van der Waals surface area contributed by atoms with Crippen LogP contribution < -0.4 is 17.0 Å². The lowest BCUT2D eigenvalue weighted by atomic mass is 10.1. The predicted octanol–water partition coefficient (Wildman–Crippen LogP) is 4.47. The van der Waals surface area contributed by atoms with Gasteiger partial charge in [-0.05, 0) is 36.1 Å². The molecule has 4 N–H and O–H groups in total. The van der Waals surface area contributed by atoms with Gasteiger partial charge in [0, 0.05) is 25.0 Å². The van der Waals surface area contributed by atoms with E-state index in [1.807, 2.05) is 13.0 Å². The molecule has 0 saturated heterocycles. The zero-order valence-electron chi connectivity index (χ0n) is 19.5. The number of benzene rings is 2. The van der Waals surface area contributed by atoms with Crippen LogP contribution in [-0.4, -0.2) is 26.5 Å². The molecular formula is C25H23ClF2N6O2. The van der Waals surface area contributed by atoms with Crippen LogP contribution in [0, 0.1) is 11.6 Å². The number of nitrogens with zero attached hydrogens (tertiary/aromatic N) is 4. The lowest BCUT2D eigenvalue weighted by Crippen LogP contribution is -2.22. The summed E-state index contributed by atoms with van der Waals surface area (Å²) in [6, 6.07) is 10.4. The van der Waals surface area contributed by atoms with Gasteiger partial charge in [0.05, 0.1) is 16.1 Å². The fraction of sp³-hybridized carbons (Fsp3) is 0.120. The summed E-state index contributed by atoms with van der Waals surface area (Å²) >= 11 is 6.13. The minimum Gasteiger partial charge on any atom is -0.381 e. The van der Waals surface area contributed by atoms with Crippen LogP contribution in [0.3, 0.4) is 0 Å². The molecule has 0 radical (unpaired) electrons. The monoisotopic (exact) mass is 512 g/mol. The summed E-state index contributed by atoms with van der Waals surface area (Å²) in [5, 5.41) is 5.26. The van der Waals surface area contributed by atoms with E-state index in [2.05, 4.69) is 16.7 Å². The van der Waals surface area contributed by atoms with E-state index in [4.69, 9.17) is 23.1 Å². The van der Waals surface area contributed by atoms with Gasteiger partial charge in [-0.3, -0.25) is 14.2 Å². The van der Waals surface area contributed by atoms with E-state index >= 15 is 0 Å². The number of aromatic nitrogens is 3. The molecule has 2 aromatic carbocycles. The van der Waals surface area contributed by atoms with Crippen LogP contribution in [0.1, 0.15) is 23.0 Å². The topological polar surface area (TPSA) is 121 Å². The molecule has 0 spiro atoms. The maximum Gasteiger partial charge on any atom is 0.264 e. The lowest BCUT2D eigenvalue weighted by molar-refractivity contribution is 0.100. The smallest absolute Gasteiger partial charge is 0.264 e. The van der Waals surface area contributed by atoms with E-state index in [1.54, 1.807) is 25.2 Å². The maximum absolute atomic E-state index is 13.5. The van der Waals surface area contributed by atoms with Crippen LogP contribution in [0.15, 0.2) is 64.9 Å². The van der Waals surface area contributed by atoms with Crippen molar-refractivity contribution >= 4 is 46.1 Å². The number of aryl methyl sites for hydroxylation is 2. The first-order valence-electron chi connectivity index (χ1n) is 10.7. The van der Waals surface area contributed by atoms with Gasteiger partial charge >= 0.3 is 0 Å². The Morgan fingerprint density at radius 3 is 2.56 bits per heavy atom. The fourth-order valence-corrected chi connectivity index (χ4v) is 3.85. The van der Waals surface area contributed by atoms with Crippen molar-refractivity contribution in [2.45, 2.75) is 13.3 Å². The van der Waals surface area contributed by atoms with E-state index in [0.29, 0.717) is 28.3 Å². The van der Waals surface area contributed by atoms with Crippen molar-refractivity contribution in [3.05, 3.63) is 93.4 Å². The molecule has 0 fully saturated rings. The minimum absolute atomic E-state index is 0.0798. The number of halogens is 3. The number of nitrogen functional groups attached to an aromatic ring is 1. The summed E-state index contributed by atoms with van der Waals surface area (Å²) in [7, 11) is 1.62. The highest BCUT2D eigenvalue weighted by molar-refractivity contribution is 6.35. The lowest BCUT2D eigenvalue weighted by Gasteiger charge is -2.14. The van der Waals surface area contributed by atoms with E-state index in [1.165, 1.54) is 27.6 Å². The Morgan fingerprint density at radius 2 is 1.94 bits per heavy atom. The molecule has 0 unspecified atom stereocenters. The molecule has 0 aliphatic carbocycles. The van der Waals surface area contributed by atoms with Gasteiger partial charge in [-0.1, -0.05) is 43.3 Å². The third kappa shape index (κ3) is 5.18. The van der Waals surface area contributed by atoms with Gasteiger partial charge in [0.1, 0.15) is 5.56 Å². The molecule has 8 nitrogen and oxygen atoms in total. The Hall–Kier alpha value is -4.31. The Bertz CT molecular complexity index is 1560. The number of nitrogens with two attached hydrogens (primary N) is 2. The molecule has 0 bridgehead atoms. The Labute approximate surface area is 210 Å². The normalized spacial score (nSPS) is 10.9. The zero-order chi connectivity index (χ0) is 26.6. The molecule has 0 atom stereocenters. The number of allylic oxidation sites excluding steroid dienone is 1. The van der Waals surface area contributed by atoms with Crippen molar-refractivity contribution in [2.24, 2.45) is 17.8 Å². The summed E-state index contributed by atoms with van der Waals surface area (Å²) in [5.74, 6) is -2.18. The molecule has 0 aliphatic rings. The number of pyridine rings is 1. The van der Waals surface area contributed by atoms with Gasteiger partial charge in [0.2, 0.25) is 0 Å². The fourth-order valence-electron chi connectivity index (χ4n) is 3.58. The highest BCUT2D eigenvalue weighted by Crippen LogP contribution is 2.24. The molecular weight excluding hydrogens is 490 g/mol. The molecule has 11 heteroatoms. The summed E-state index contributed by atoms with van der Waals surface area (Å²) < 4.78 is 29.4. The SMILES string of the molecule is C=C/C=N\c1c(C(N)=O)c(N)nn1C.CCc1cc2cccc(Cl)c2c(=O)n1-c1ccc(F)c(F)c1. The van der Waals surface area contributed by atoms with Crippen LogP contribution in [0.4, 0.5) is 20.4 Å². The summed E-state index contributed by atoms with van der Waals surface area (Å²) in [6.45, 7) is 5.35. The molecule has 1 amide bonds. The second-order valence-corrected chi connectivity index (χ2v) is 7.93. The van der Waals surface area contributed by atoms with Gasteiger partial charge in [-0.25, -0.2) is 18.5 Å². The van der Waals surface area contributed by atoms with Gasteiger partial charge in [-0.2, -0.15) is 5.10 Å². The number of carbonyl (C=O) groups excluding carboxylic acids is 1. The first kappa shape index (κ1) is 26.3. The second-order valence-electron chi connectivity index (χ2n) is 7.52. The molecule has 2 aromatic heterocycles. The number of hydrogen-bond donors (Lipinski definition) is 2. The van der Waals surface area contributed by atoms with Gasteiger partial charge in [-0.15, -0.1) is 0 Å². The first-order chi connectivity index (χ1) is 17.1. The highest BCUT2D eigenvalue weighted by atomic mass is 35.5. The van der Waals surface area contributed by atoms with Crippen LogP contribution in [0.5, 0.6) is 0 Å². The third-order valence-electron chi connectivity index (χ3n) is 5.19. The molecule has 0 aliphatic heterocycles. The zero-order valence-corrected chi connectivity index (χ0v) is 20.3. The van der Waals surface area contributed by atoms with Crippen LogP contribution in [0.25, 0.3) is 16.5 Å². The number of primary amides is 1. The van der Waals surface area contributed by atoms with Crippen molar-refractivity contribution in [3.63, 3.8) is 0 Å². The van der Waals surface area contributed by atoms with Gasteiger partial charge in [0.15, 0.2) is 23.3 Å². The van der Waals surface area contributed by atoms with Gasteiger partial charge in [0.25, 0.3) is 11.5 Å². The van der Waals surface area contributed by atoms with Crippen LogP contribution >= 0.6 is 11.6 Å². The van der Waals surface area contributed by atoms with Crippen molar-refractivity contribution in [3.8, 4) is 5.69 Å². The number of hydrogen-bond acceptors (Lipinski definition) is 5. The van der Waals surface area contributed by atoms with E-state index < -0.39 is 17.5 Å². The Balaban J connectivity index is 0.000000223. The van der Waals surface area contributed by atoms with Crippen molar-refractivity contribution in [2.75, 3.05) is 5.73 Å². The number of amides is 1. The summed E-state index contributed by atoms with van der Waals surface area (Å²) in [6.07, 6.45) is 3.48. The van der Waals surface area contributed by atoms with Crippen molar-refractivity contribution < 1.29 is 13.6 Å². The number of anilines is 1. The predicted molar refractivity (Wildman–Crippen MR) is 138 cm³/mol. The summed E-state index contributed by atoms with van der Waals surface area (Å²) in [5.41, 5.74) is 11.4. The largest absolute Gasteiger partial charge is 0.381 e. The number of rotatable bonds is 5. The average molecular weight is 513 g/mol. The van der Waals surface area contributed by atoms with Gasteiger partial charge < -0.3 is 11.5 Å². The van der Waals surface area contributed by atoms with Crippen LogP contribution in [-0.2, 0) is 13.5 Å². The molecule has 186 valence electrons. The average Bonchev–Trinajstić information content (AvgIpc) is 3.12. The number of aliphatic imine (C=N–C) groups is 1. The molecule has 4 aromatic rings. The third-order valence-corrected chi connectivity index (χ3v) is 5.50. The Morgan fingerprint density at radius 1 is 1.22 bits per heavy atom. The molecule has 0 saturated carbocycles. The standard InChI is InChI=1S/C17H12ClF2NO.C8H11N5O/c1-2-11-8-10-4-3-5-13(18)16(10)17(22)21(11)12-6-7-14(19)15(20)9-12;1-3-4-11-8-5(7(10)14)6(9)12-13(8)2/h3-9H,2H2,1H3;3-4H,1H2,2H3,(H2,9,12)(H2,10,14)/b;11-4-. The maximum atomic E-state index is 13.5. The highest BCUT2D eigenvalue weighted by Gasteiger charge is 2.17. The summed E-state index contributed by atoms with van der Waals surface area (Å²) in [4.78, 5) is 27.7. The number of carbonyl (C=O) groups is 1. The van der Waals surface area contributed by atoms with Crippen molar-refractivity contribution in [1.82, 2.24) is 14.3 Å². The minimum atomic E-state index is -0.995. The van der Waals surface area contributed by atoms with E-state index in [0.717, 1.165) is 17.5 Å². The Kier molecular flexibility index (Phi) is 8.00. The number of fused-ring (bicyclic) bond motifs is 1. The molecule has 2 heterocycles. The van der Waals surface area contributed by atoms with Crippen LogP contribution in [0.2, 0.25) is 5.02 Å². The van der Waals surface area contributed by atoms with E-state index in [9.17, 15) is 18.4 Å². The quantitative estimate of drug-likeness (QED) is 0.383. The molecule has 36 heavy (non-hydrogen) atoms. The molecule has 4 rings (SSSR count). The second kappa shape index (κ2) is 11.0. The van der Waals surface area contributed by atoms with E-state index in [-0.39, 0.29) is 22.6 Å². The first-order valence-corrected chi connectivity index (χ1v) is 11.0.